The second-order valence-electron chi connectivity index (χ2n) is 2.66. The molecule has 2 atom stereocenters. The lowest BCUT2D eigenvalue weighted by Crippen LogP contribution is -2.19. The van der Waals surface area contributed by atoms with Gasteiger partial charge in [-0.3, -0.25) is 0 Å². The van der Waals surface area contributed by atoms with E-state index in [1.807, 2.05) is 13.8 Å². The molecule has 0 spiro atoms. The molecule has 0 bridgehead atoms. The number of aliphatic hydroxyl groups is 2. The van der Waals surface area contributed by atoms with Gasteiger partial charge in [0.2, 0.25) is 0 Å². The van der Waals surface area contributed by atoms with Crippen LogP contribution in [0.1, 0.15) is 33.1 Å². The maximum absolute atomic E-state index is 9.34. The molecule has 0 aliphatic carbocycles. The molecule has 0 saturated carbocycles. The summed E-state index contributed by atoms with van der Waals surface area (Å²) in [5.74, 6) is 0.287. The van der Waals surface area contributed by atoms with E-state index in [0.29, 0.717) is 0 Å². The van der Waals surface area contributed by atoms with Gasteiger partial charge in [0.1, 0.15) is 0 Å². The van der Waals surface area contributed by atoms with Crippen molar-refractivity contribution >= 4 is 0 Å². The zero-order valence-electron chi connectivity index (χ0n) is 6.88. The van der Waals surface area contributed by atoms with E-state index < -0.39 is 0 Å². The predicted octanol–water partition coefficient (Wildman–Crippen LogP) is 1.17. The molecule has 0 fully saturated rings. The summed E-state index contributed by atoms with van der Waals surface area (Å²) in [6.45, 7) is 4.19. The van der Waals surface area contributed by atoms with E-state index in [1.165, 1.54) is 0 Å². The quantitative estimate of drug-likeness (QED) is 0.611. The van der Waals surface area contributed by atoms with Gasteiger partial charge in [-0.1, -0.05) is 20.3 Å². The van der Waals surface area contributed by atoms with E-state index in [4.69, 9.17) is 5.11 Å². The molecule has 2 nitrogen and oxygen atoms in total. The van der Waals surface area contributed by atoms with Gasteiger partial charge in [0.05, 0.1) is 6.10 Å². The van der Waals surface area contributed by atoms with Gasteiger partial charge in [0.25, 0.3) is 0 Å². The Morgan fingerprint density at radius 1 is 1.20 bits per heavy atom. The Balaban J connectivity index is 3.56. The van der Waals surface area contributed by atoms with Gasteiger partial charge in [0, 0.05) is 6.61 Å². The van der Waals surface area contributed by atoms with Crippen LogP contribution in [0.5, 0.6) is 0 Å². The van der Waals surface area contributed by atoms with Crippen molar-refractivity contribution in [3.63, 3.8) is 0 Å². The third-order valence-corrected chi connectivity index (χ3v) is 1.99. The molecule has 0 aromatic carbocycles. The van der Waals surface area contributed by atoms with Crippen LogP contribution in [0.4, 0.5) is 0 Å². The van der Waals surface area contributed by atoms with Gasteiger partial charge in [-0.25, -0.2) is 0 Å². The molecule has 0 aromatic rings. The highest BCUT2D eigenvalue weighted by Gasteiger charge is 2.13. The summed E-state index contributed by atoms with van der Waals surface area (Å²) in [7, 11) is 0. The van der Waals surface area contributed by atoms with Crippen LogP contribution >= 0.6 is 0 Å². The molecule has 10 heavy (non-hydrogen) atoms. The fourth-order valence-corrected chi connectivity index (χ4v) is 1.17. The Labute approximate surface area is 62.9 Å². The van der Waals surface area contributed by atoms with Crippen molar-refractivity contribution in [2.24, 2.45) is 5.92 Å². The zero-order valence-corrected chi connectivity index (χ0v) is 6.88. The molecular weight excluding hydrogens is 128 g/mol. The summed E-state index contributed by atoms with van der Waals surface area (Å²) in [5, 5.41) is 17.9. The predicted molar refractivity (Wildman–Crippen MR) is 41.8 cm³/mol. The topological polar surface area (TPSA) is 40.5 Å². The molecule has 0 rings (SSSR count). The van der Waals surface area contributed by atoms with Crippen molar-refractivity contribution in [3.05, 3.63) is 0 Å². The first-order valence-corrected chi connectivity index (χ1v) is 4.05. The van der Waals surface area contributed by atoms with E-state index in [2.05, 4.69) is 0 Å². The molecular formula is C8H18O2. The smallest absolute Gasteiger partial charge is 0.0566 e. The SMILES string of the molecule is CCC(O)C(CC)CCO. The molecule has 0 amide bonds. The van der Waals surface area contributed by atoms with Crippen molar-refractivity contribution in [1.29, 1.82) is 0 Å². The summed E-state index contributed by atoms with van der Waals surface area (Å²) in [6.07, 6.45) is 2.25. The highest BCUT2D eigenvalue weighted by molar-refractivity contribution is 4.65. The monoisotopic (exact) mass is 146 g/mol. The fourth-order valence-electron chi connectivity index (χ4n) is 1.17. The van der Waals surface area contributed by atoms with Crippen LogP contribution in [0.25, 0.3) is 0 Å². The van der Waals surface area contributed by atoms with Gasteiger partial charge >= 0.3 is 0 Å². The van der Waals surface area contributed by atoms with E-state index in [-0.39, 0.29) is 18.6 Å². The Bertz CT molecular complexity index is 73.7. The van der Waals surface area contributed by atoms with Crippen molar-refractivity contribution in [2.45, 2.75) is 39.2 Å². The summed E-state index contributed by atoms with van der Waals surface area (Å²) < 4.78 is 0. The summed E-state index contributed by atoms with van der Waals surface area (Å²) >= 11 is 0. The van der Waals surface area contributed by atoms with E-state index >= 15 is 0 Å². The van der Waals surface area contributed by atoms with Crippen LogP contribution in [0.15, 0.2) is 0 Å². The van der Waals surface area contributed by atoms with Gasteiger partial charge in [-0.15, -0.1) is 0 Å². The molecule has 62 valence electrons. The second-order valence-corrected chi connectivity index (χ2v) is 2.66. The first-order chi connectivity index (χ1) is 4.76. The Hall–Kier alpha value is -0.0800. The molecule has 2 unspecified atom stereocenters. The summed E-state index contributed by atoms with van der Waals surface area (Å²) in [5.41, 5.74) is 0. The van der Waals surface area contributed by atoms with Crippen molar-refractivity contribution in [3.8, 4) is 0 Å². The zero-order chi connectivity index (χ0) is 7.98. The molecule has 0 aromatic heterocycles. The van der Waals surface area contributed by atoms with Crippen LogP contribution in [0, 0.1) is 5.92 Å². The molecule has 0 aliphatic rings. The number of hydrogen-bond acceptors (Lipinski definition) is 2. The lowest BCUT2D eigenvalue weighted by atomic mass is 9.94. The van der Waals surface area contributed by atoms with Gasteiger partial charge < -0.3 is 10.2 Å². The largest absolute Gasteiger partial charge is 0.396 e. The first kappa shape index (κ1) is 9.92. The minimum absolute atomic E-state index is 0.190. The van der Waals surface area contributed by atoms with Crippen molar-refractivity contribution in [2.75, 3.05) is 6.61 Å². The van der Waals surface area contributed by atoms with Crippen LogP contribution in [0.2, 0.25) is 0 Å². The number of rotatable bonds is 5. The average Bonchev–Trinajstić information content (AvgIpc) is 1.99. The molecule has 0 radical (unpaired) electrons. The minimum Gasteiger partial charge on any atom is -0.396 e. The van der Waals surface area contributed by atoms with Crippen molar-refractivity contribution in [1.82, 2.24) is 0 Å². The van der Waals surface area contributed by atoms with Crippen LogP contribution in [-0.2, 0) is 0 Å². The van der Waals surface area contributed by atoms with Crippen molar-refractivity contribution < 1.29 is 10.2 Å². The summed E-state index contributed by atoms with van der Waals surface area (Å²) in [4.78, 5) is 0. The van der Waals surface area contributed by atoms with Crippen LogP contribution in [-0.4, -0.2) is 22.9 Å². The fraction of sp³-hybridized carbons (Fsp3) is 1.00. The molecule has 2 N–H and O–H groups in total. The third-order valence-electron chi connectivity index (χ3n) is 1.99. The van der Waals surface area contributed by atoms with E-state index in [1.54, 1.807) is 0 Å². The number of hydrogen-bond donors (Lipinski definition) is 2. The lowest BCUT2D eigenvalue weighted by molar-refractivity contribution is 0.0838. The highest BCUT2D eigenvalue weighted by atomic mass is 16.3. The molecule has 0 saturated heterocycles. The highest BCUT2D eigenvalue weighted by Crippen LogP contribution is 2.14. The number of aliphatic hydroxyl groups excluding tert-OH is 2. The van der Waals surface area contributed by atoms with Gasteiger partial charge in [0.15, 0.2) is 0 Å². The standard InChI is InChI=1S/C8H18O2/c1-3-7(5-6-9)8(10)4-2/h7-10H,3-6H2,1-2H3. The molecule has 2 heteroatoms. The first-order valence-electron chi connectivity index (χ1n) is 4.05. The second kappa shape index (κ2) is 5.69. The third kappa shape index (κ3) is 3.18. The molecule has 0 aliphatic heterocycles. The summed E-state index contributed by atoms with van der Waals surface area (Å²) in [6, 6.07) is 0. The normalized spacial score (nSPS) is 16.8. The van der Waals surface area contributed by atoms with Gasteiger partial charge in [-0.2, -0.15) is 0 Å². The minimum atomic E-state index is -0.225. The Morgan fingerprint density at radius 2 is 1.80 bits per heavy atom. The average molecular weight is 146 g/mol. The Kier molecular flexibility index (Phi) is 5.64. The Morgan fingerprint density at radius 3 is 2.10 bits per heavy atom. The molecule has 0 heterocycles. The van der Waals surface area contributed by atoms with E-state index in [9.17, 15) is 5.11 Å². The maximum Gasteiger partial charge on any atom is 0.0566 e. The van der Waals surface area contributed by atoms with Crippen LogP contribution in [0.3, 0.4) is 0 Å². The van der Waals surface area contributed by atoms with E-state index in [0.717, 1.165) is 19.3 Å². The van der Waals surface area contributed by atoms with Crippen LogP contribution < -0.4 is 0 Å². The lowest BCUT2D eigenvalue weighted by Gasteiger charge is -2.18. The maximum atomic E-state index is 9.34. The van der Waals surface area contributed by atoms with Gasteiger partial charge in [-0.05, 0) is 18.8 Å².